The average Bonchev–Trinajstić information content (AvgIpc) is 2.93. The van der Waals surface area contributed by atoms with Crippen molar-refractivity contribution < 1.29 is 13.9 Å². The van der Waals surface area contributed by atoms with Gasteiger partial charge >= 0.3 is 0 Å². The first-order valence-electron chi connectivity index (χ1n) is 13.2. The van der Waals surface area contributed by atoms with E-state index in [-0.39, 0.29) is 23.6 Å². The molecular formula is C33H30FNO2. The zero-order chi connectivity index (χ0) is 25.4. The summed E-state index contributed by atoms with van der Waals surface area (Å²) in [5.74, 6) is 0.829. The van der Waals surface area contributed by atoms with E-state index in [1.165, 1.54) is 12.1 Å². The zero-order valence-electron chi connectivity index (χ0n) is 21.0. The maximum Gasteiger partial charge on any atom is 0.162 e. The van der Waals surface area contributed by atoms with E-state index < -0.39 is 0 Å². The smallest absolute Gasteiger partial charge is 0.162 e. The summed E-state index contributed by atoms with van der Waals surface area (Å²) < 4.78 is 19.6. The molecule has 0 saturated carbocycles. The second kappa shape index (κ2) is 9.85. The maximum atomic E-state index is 13.9. The largest absolute Gasteiger partial charge is 0.494 e. The third-order valence-corrected chi connectivity index (χ3v) is 7.65. The van der Waals surface area contributed by atoms with Gasteiger partial charge < -0.3 is 10.1 Å². The lowest BCUT2D eigenvalue weighted by molar-refractivity contribution is -0.116. The van der Waals surface area contributed by atoms with Crippen LogP contribution in [0.15, 0.2) is 90.5 Å². The topological polar surface area (TPSA) is 38.3 Å². The third kappa shape index (κ3) is 4.42. The van der Waals surface area contributed by atoms with E-state index in [0.717, 1.165) is 75.9 Å². The van der Waals surface area contributed by atoms with Gasteiger partial charge in [0.25, 0.3) is 0 Å². The minimum absolute atomic E-state index is 0.0923. The molecule has 0 amide bonds. The van der Waals surface area contributed by atoms with E-state index in [1.54, 1.807) is 12.1 Å². The van der Waals surface area contributed by atoms with Crippen molar-refractivity contribution in [3.63, 3.8) is 0 Å². The molecule has 1 N–H and O–H groups in total. The molecule has 2 aliphatic rings. The van der Waals surface area contributed by atoms with Crippen LogP contribution in [0, 0.1) is 5.82 Å². The van der Waals surface area contributed by atoms with Crippen LogP contribution in [0.1, 0.15) is 61.3 Å². The minimum atomic E-state index is -0.299. The molecule has 4 heteroatoms. The highest BCUT2D eigenvalue weighted by Crippen LogP contribution is 2.51. The molecule has 0 fully saturated rings. The van der Waals surface area contributed by atoms with Crippen LogP contribution >= 0.6 is 0 Å². The van der Waals surface area contributed by atoms with Crippen LogP contribution in [0.5, 0.6) is 5.75 Å². The van der Waals surface area contributed by atoms with E-state index in [1.807, 2.05) is 24.3 Å². The van der Waals surface area contributed by atoms with Gasteiger partial charge in [0.05, 0.1) is 12.6 Å². The van der Waals surface area contributed by atoms with Gasteiger partial charge in [-0.15, -0.1) is 0 Å². The van der Waals surface area contributed by atoms with Gasteiger partial charge in [-0.1, -0.05) is 67.9 Å². The number of hydrogen-bond donors (Lipinski definition) is 1. The lowest BCUT2D eigenvalue weighted by atomic mass is 9.71. The standard InChI is InChI=1S/C33H30FNO2/c1-2-3-18-37-26-15-10-21(11-16-26)24-19-28-31-27-7-5-4-6-22(27)12-17-29(31)35-33(32(28)30(36)20-24)23-8-13-25(34)14-9-23/h4-17,24,33,35H,2-3,18-20H2,1H3/t24-,33-/m0/s1. The number of nitrogens with one attached hydrogen (secondary N) is 1. The predicted molar refractivity (Wildman–Crippen MR) is 147 cm³/mol. The molecule has 1 aliphatic carbocycles. The fraction of sp³-hybridized carbons (Fsp3) is 0.242. The molecule has 4 aromatic rings. The molecule has 0 bridgehead atoms. The molecule has 186 valence electrons. The number of anilines is 1. The summed E-state index contributed by atoms with van der Waals surface area (Å²) in [6.07, 6.45) is 3.36. The van der Waals surface area contributed by atoms with Gasteiger partial charge in [0, 0.05) is 23.2 Å². The summed E-state index contributed by atoms with van der Waals surface area (Å²) in [5, 5.41) is 5.92. The molecule has 4 aromatic carbocycles. The Morgan fingerprint density at radius 3 is 2.43 bits per heavy atom. The molecule has 3 nitrogen and oxygen atoms in total. The number of ketones is 1. The van der Waals surface area contributed by atoms with E-state index in [9.17, 15) is 9.18 Å². The number of carbonyl (C=O) groups is 1. The third-order valence-electron chi connectivity index (χ3n) is 7.65. The molecule has 1 aliphatic heterocycles. The Bertz CT molecular complexity index is 1490. The Balaban J connectivity index is 1.43. The predicted octanol–water partition coefficient (Wildman–Crippen LogP) is 8.22. The van der Waals surface area contributed by atoms with Crippen LogP contribution in [-0.2, 0) is 4.79 Å². The van der Waals surface area contributed by atoms with Gasteiger partial charge in [-0.3, -0.25) is 4.79 Å². The quantitative estimate of drug-likeness (QED) is 0.276. The van der Waals surface area contributed by atoms with Crippen molar-refractivity contribution in [2.45, 2.75) is 44.6 Å². The number of halogens is 1. The van der Waals surface area contributed by atoms with Crippen molar-refractivity contribution in [3.05, 3.63) is 113 Å². The normalized spacial score (nSPS) is 18.8. The fourth-order valence-electron chi connectivity index (χ4n) is 5.76. The molecule has 1 heterocycles. The molecule has 37 heavy (non-hydrogen) atoms. The second-order valence-corrected chi connectivity index (χ2v) is 10.0. The summed E-state index contributed by atoms with van der Waals surface area (Å²) in [6, 6.07) is 27.0. The molecule has 0 radical (unpaired) electrons. The highest BCUT2D eigenvalue weighted by Gasteiger charge is 2.38. The lowest BCUT2D eigenvalue weighted by Gasteiger charge is -2.37. The summed E-state index contributed by atoms with van der Waals surface area (Å²) >= 11 is 0. The highest BCUT2D eigenvalue weighted by atomic mass is 19.1. The average molecular weight is 492 g/mol. The van der Waals surface area contributed by atoms with Crippen molar-refractivity contribution >= 4 is 27.8 Å². The molecule has 0 spiro atoms. The molecular weight excluding hydrogens is 461 g/mol. The lowest BCUT2D eigenvalue weighted by Crippen LogP contribution is -2.29. The Hall–Kier alpha value is -3.92. The number of benzene rings is 4. The van der Waals surface area contributed by atoms with Gasteiger partial charge in [-0.2, -0.15) is 0 Å². The number of unbranched alkanes of at least 4 members (excludes halogenated alkanes) is 1. The molecule has 6 rings (SSSR count). The van der Waals surface area contributed by atoms with Crippen molar-refractivity contribution in [2.24, 2.45) is 0 Å². The van der Waals surface area contributed by atoms with Gasteiger partial charge in [-0.05, 0) is 76.6 Å². The second-order valence-electron chi connectivity index (χ2n) is 10.0. The molecule has 0 unspecified atom stereocenters. The van der Waals surface area contributed by atoms with Crippen LogP contribution in [0.2, 0.25) is 0 Å². The van der Waals surface area contributed by atoms with Crippen molar-refractivity contribution in [2.75, 3.05) is 11.9 Å². The van der Waals surface area contributed by atoms with Crippen molar-refractivity contribution in [3.8, 4) is 5.75 Å². The first kappa shape index (κ1) is 23.5. The van der Waals surface area contributed by atoms with Crippen LogP contribution in [0.3, 0.4) is 0 Å². The van der Waals surface area contributed by atoms with Gasteiger partial charge in [0.2, 0.25) is 0 Å². The summed E-state index contributed by atoms with van der Waals surface area (Å²) in [5.41, 5.74) is 6.09. The monoisotopic (exact) mass is 491 g/mol. The summed E-state index contributed by atoms with van der Waals surface area (Å²) in [4.78, 5) is 13.9. The van der Waals surface area contributed by atoms with Gasteiger partial charge in [0.1, 0.15) is 11.6 Å². The maximum absolute atomic E-state index is 13.9. The zero-order valence-corrected chi connectivity index (χ0v) is 21.0. The first-order chi connectivity index (χ1) is 18.1. The number of ether oxygens (including phenoxy) is 1. The highest BCUT2D eigenvalue weighted by molar-refractivity contribution is 6.13. The van der Waals surface area contributed by atoms with E-state index in [0.29, 0.717) is 6.42 Å². The SMILES string of the molecule is CCCCOc1ccc([C@@H]2CC(=O)C3=C(C2)c2c(ccc4ccccc24)N[C@H]3c2ccc(F)cc2)cc1. The number of hydrogen-bond acceptors (Lipinski definition) is 3. The number of allylic oxidation sites excluding steroid dienone is 1. The van der Waals surface area contributed by atoms with Crippen molar-refractivity contribution in [1.82, 2.24) is 0 Å². The van der Waals surface area contributed by atoms with E-state index in [2.05, 4.69) is 48.6 Å². The summed E-state index contributed by atoms with van der Waals surface area (Å²) in [7, 11) is 0. The number of rotatable bonds is 6. The van der Waals surface area contributed by atoms with Crippen LogP contribution in [0.4, 0.5) is 10.1 Å². The number of fused-ring (bicyclic) bond motifs is 4. The Kier molecular flexibility index (Phi) is 6.25. The Labute approximate surface area is 217 Å². The number of carbonyl (C=O) groups excluding carboxylic acids is 1. The molecule has 0 saturated heterocycles. The van der Waals surface area contributed by atoms with Gasteiger partial charge in [0.15, 0.2) is 5.78 Å². The first-order valence-corrected chi connectivity index (χ1v) is 13.2. The van der Waals surface area contributed by atoms with Crippen LogP contribution < -0.4 is 10.1 Å². The Morgan fingerprint density at radius 1 is 0.892 bits per heavy atom. The Morgan fingerprint density at radius 2 is 1.65 bits per heavy atom. The number of Topliss-reactive ketones (excluding diaryl/α,β-unsaturated/α-hetero) is 1. The van der Waals surface area contributed by atoms with E-state index >= 15 is 0 Å². The fourth-order valence-corrected chi connectivity index (χ4v) is 5.76. The van der Waals surface area contributed by atoms with E-state index in [4.69, 9.17) is 4.74 Å². The molecule has 0 aromatic heterocycles. The van der Waals surface area contributed by atoms with Gasteiger partial charge in [-0.25, -0.2) is 4.39 Å². The van der Waals surface area contributed by atoms with Crippen molar-refractivity contribution in [1.29, 1.82) is 0 Å². The summed E-state index contributed by atoms with van der Waals surface area (Å²) in [6.45, 7) is 2.87. The van der Waals surface area contributed by atoms with Crippen LogP contribution in [0.25, 0.3) is 16.3 Å². The molecule has 2 atom stereocenters. The van der Waals surface area contributed by atoms with Crippen LogP contribution in [-0.4, -0.2) is 12.4 Å². The minimum Gasteiger partial charge on any atom is -0.494 e.